The van der Waals surface area contributed by atoms with E-state index in [0.29, 0.717) is 16.8 Å². The van der Waals surface area contributed by atoms with Gasteiger partial charge in [-0.25, -0.2) is 0 Å². The molecule has 1 amide bonds. The average molecular weight is 400 g/mol. The number of rotatable bonds is 3. The van der Waals surface area contributed by atoms with E-state index in [1.54, 1.807) is 30.3 Å². The highest BCUT2D eigenvalue weighted by molar-refractivity contribution is 6.51. The molecular formula is C24H20N2O4. The number of aryl methyl sites for hydroxylation is 2. The molecule has 0 spiro atoms. The van der Waals surface area contributed by atoms with Gasteiger partial charge in [-0.1, -0.05) is 18.2 Å². The monoisotopic (exact) mass is 400 g/mol. The number of carbonyl (C=O) groups excluding carboxylic acids is 2. The molecule has 0 aliphatic carbocycles. The van der Waals surface area contributed by atoms with Crippen molar-refractivity contribution in [2.75, 3.05) is 4.90 Å². The van der Waals surface area contributed by atoms with Crippen LogP contribution in [0.5, 0.6) is 5.75 Å². The molecule has 1 aliphatic heterocycles. The number of aliphatic hydroxyl groups excluding tert-OH is 1. The standard InChI is InChI=1S/C24H20N2O4/c1-14-3-6-18(13-15(14)2)26-21(16-4-7-19(27)8-5-16)20(23(29)24(26)30)22(28)17-9-11-25-12-10-17/h3-13,21,27-28H,1-2H3/b22-20+. The van der Waals surface area contributed by atoms with Crippen molar-refractivity contribution >= 4 is 23.1 Å². The molecule has 0 saturated carbocycles. The summed E-state index contributed by atoms with van der Waals surface area (Å²) >= 11 is 0. The molecule has 1 saturated heterocycles. The Morgan fingerprint density at radius 3 is 2.23 bits per heavy atom. The lowest BCUT2D eigenvalue weighted by molar-refractivity contribution is -0.132. The molecule has 30 heavy (non-hydrogen) atoms. The van der Waals surface area contributed by atoms with Gasteiger partial charge in [-0.2, -0.15) is 0 Å². The summed E-state index contributed by atoms with van der Waals surface area (Å²) in [6, 6.07) is 14.1. The van der Waals surface area contributed by atoms with Crippen LogP contribution >= 0.6 is 0 Å². The van der Waals surface area contributed by atoms with Gasteiger partial charge >= 0.3 is 0 Å². The average Bonchev–Trinajstić information content (AvgIpc) is 3.01. The van der Waals surface area contributed by atoms with E-state index in [1.807, 2.05) is 26.0 Å². The van der Waals surface area contributed by atoms with Gasteiger partial charge in [0.2, 0.25) is 0 Å². The summed E-state index contributed by atoms with van der Waals surface area (Å²) in [5.41, 5.74) is 3.59. The number of phenols is 1. The largest absolute Gasteiger partial charge is 0.508 e. The lowest BCUT2D eigenvalue weighted by Gasteiger charge is -2.26. The zero-order valence-corrected chi connectivity index (χ0v) is 16.5. The first-order valence-electron chi connectivity index (χ1n) is 9.46. The minimum Gasteiger partial charge on any atom is -0.508 e. The van der Waals surface area contributed by atoms with Crippen LogP contribution in [0.4, 0.5) is 5.69 Å². The smallest absolute Gasteiger partial charge is 0.300 e. The number of pyridine rings is 1. The van der Waals surface area contributed by atoms with Gasteiger partial charge in [0, 0.05) is 23.6 Å². The molecule has 6 nitrogen and oxygen atoms in total. The minimum absolute atomic E-state index is 0.00452. The number of aromatic hydroxyl groups is 1. The molecule has 0 bridgehead atoms. The van der Waals surface area contributed by atoms with Crippen LogP contribution in [0.1, 0.15) is 28.3 Å². The molecule has 2 aromatic carbocycles. The van der Waals surface area contributed by atoms with E-state index < -0.39 is 17.7 Å². The summed E-state index contributed by atoms with van der Waals surface area (Å²) in [5, 5.41) is 20.7. The second-order valence-electron chi connectivity index (χ2n) is 7.27. The van der Waals surface area contributed by atoms with E-state index >= 15 is 0 Å². The fraction of sp³-hybridized carbons (Fsp3) is 0.125. The molecule has 0 radical (unpaired) electrons. The third-order valence-corrected chi connectivity index (χ3v) is 5.38. The summed E-state index contributed by atoms with van der Waals surface area (Å²) < 4.78 is 0. The predicted octanol–water partition coefficient (Wildman–Crippen LogP) is 4.03. The van der Waals surface area contributed by atoms with E-state index in [9.17, 15) is 19.8 Å². The molecule has 2 N–H and O–H groups in total. The van der Waals surface area contributed by atoms with Crippen LogP contribution in [0.2, 0.25) is 0 Å². The zero-order valence-electron chi connectivity index (χ0n) is 16.5. The topological polar surface area (TPSA) is 90.7 Å². The number of amides is 1. The first-order valence-corrected chi connectivity index (χ1v) is 9.46. The van der Waals surface area contributed by atoms with Gasteiger partial charge < -0.3 is 10.2 Å². The fourth-order valence-electron chi connectivity index (χ4n) is 3.61. The van der Waals surface area contributed by atoms with Crippen molar-refractivity contribution in [1.82, 2.24) is 4.98 Å². The van der Waals surface area contributed by atoms with Gasteiger partial charge in [-0.3, -0.25) is 19.5 Å². The Hall–Kier alpha value is -3.93. The highest BCUT2D eigenvalue weighted by Crippen LogP contribution is 2.42. The SMILES string of the molecule is Cc1ccc(N2C(=O)C(=O)/C(=C(/O)c3ccncc3)C2c2ccc(O)cc2)cc1C. The lowest BCUT2D eigenvalue weighted by Crippen LogP contribution is -2.29. The number of ketones is 1. The zero-order chi connectivity index (χ0) is 21.4. The van der Waals surface area contributed by atoms with Crippen molar-refractivity contribution in [1.29, 1.82) is 0 Å². The van der Waals surface area contributed by atoms with Crippen LogP contribution in [0.3, 0.4) is 0 Å². The maximum atomic E-state index is 13.1. The van der Waals surface area contributed by atoms with Crippen molar-refractivity contribution in [3.05, 3.63) is 94.8 Å². The first kappa shape index (κ1) is 19.4. The Bertz CT molecular complexity index is 1170. The van der Waals surface area contributed by atoms with E-state index in [4.69, 9.17) is 0 Å². The third kappa shape index (κ3) is 3.22. The molecule has 1 aromatic heterocycles. The number of nitrogens with zero attached hydrogens (tertiary/aromatic N) is 2. The molecule has 1 unspecified atom stereocenters. The van der Waals surface area contributed by atoms with Gasteiger partial charge in [-0.15, -0.1) is 0 Å². The summed E-state index contributed by atoms with van der Waals surface area (Å²) in [6.07, 6.45) is 3.01. The maximum absolute atomic E-state index is 13.1. The van der Waals surface area contributed by atoms with Crippen LogP contribution in [0, 0.1) is 13.8 Å². The van der Waals surface area contributed by atoms with Gasteiger partial charge in [0.1, 0.15) is 11.5 Å². The highest BCUT2D eigenvalue weighted by Gasteiger charge is 2.47. The number of Topliss-reactive ketones (excluding diaryl/α,β-unsaturated/α-hetero) is 1. The number of aromatic nitrogens is 1. The number of aliphatic hydroxyl groups is 1. The van der Waals surface area contributed by atoms with Crippen molar-refractivity contribution in [2.24, 2.45) is 0 Å². The van der Waals surface area contributed by atoms with Crippen molar-refractivity contribution in [3.8, 4) is 5.75 Å². The summed E-state index contributed by atoms with van der Waals surface area (Å²) in [4.78, 5) is 31.4. The van der Waals surface area contributed by atoms with Crippen LogP contribution < -0.4 is 4.90 Å². The van der Waals surface area contributed by atoms with Crippen molar-refractivity contribution in [2.45, 2.75) is 19.9 Å². The van der Waals surface area contributed by atoms with Gasteiger partial charge in [0.15, 0.2) is 0 Å². The van der Waals surface area contributed by atoms with Crippen molar-refractivity contribution < 1.29 is 19.8 Å². The molecule has 2 heterocycles. The Kier molecular flexibility index (Phi) is 4.83. The van der Waals surface area contributed by atoms with Crippen molar-refractivity contribution in [3.63, 3.8) is 0 Å². The molecular weight excluding hydrogens is 380 g/mol. The number of carbonyl (C=O) groups is 2. The summed E-state index contributed by atoms with van der Waals surface area (Å²) in [6.45, 7) is 3.90. The first-order chi connectivity index (χ1) is 14.4. The van der Waals surface area contributed by atoms with Gasteiger partial charge in [0.25, 0.3) is 11.7 Å². The Morgan fingerprint density at radius 1 is 0.933 bits per heavy atom. The summed E-state index contributed by atoms with van der Waals surface area (Å²) in [5.74, 6) is -1.68. The van der Waals surface area contributed by atoms with Gasteiger partial charge in [0.05, 0.1) is 11.6 Å². The highest BCUT2D eigenvalue weighted by atomic mass is 16.3. The Labute approximate surface area is 173 Å². The predicted molar refractivity (Wildman–Crippen MR) is 113 cm³/mol. The third-order valence-electron chi connectivity index (χ3n) is 5.38. The number of anilines is 1. The van der Waals surface area contributed by atoms with Crippen LogP contribution in [-0.2, 0) is 9.59 Å². The molecule has 1 atom stereocenters. The number of hydrogen-bond donors (Lipinski definition) is 2. The second-order valence-corrected chi connectivity index (χ2v) is 7.27. The summed E-state index contributed by atoms with van der Waals surface area (Å²) in [7, 11) is 0. The number of phenolic OH excluding ortho intramolecular Hbond substituents is 1. The van der Waals surface area contributed by atoms with Crippen LogP contribution in [0.15, 0.2) is 72.6 Å². The molecule has 1 fully saturated rings. The Balaban J connectivity index is 1.95. The van der Waals surface area contributed by atoms with E-state index in [-0.39, 0.29) is 17.1 Å². The fourth-order valence-corrected chi connectivity index (χ4v) is 3.61. The molecule has 6 heteroatoms. The lowest BCUT2D eigenvalue weighted by atomic mass is 9.95. The van der Waals surface area contributed by atoms with Crippen LogP contribution in [-0.4, -0.2) is 26.9 Å². The molecule has 3 aromatic rings. The molecule has 150 valence electrons. The van der Waals surface area contributed by atoms with E-state index in [2.05, 4.69) is 4.98 Å². The minimum atomic E-state index is -0.833. The number of benzene rings is 2. The normalized spacial score (nSPS) is 18.1. The molecule has 1 aliphatic rings. The van der Waals surface area contributed by atoms with Crippen LogP contribution in [0.25, 0.3) is 5.76 Å². The maximum Gasteiger partial charge on any atom is 0.300 e. The van der Waals surface area contributed by atoms with E-state index in [0.717, 1.165) is 11.1 Å². The Morgan fingerprint density at radius 2 is 1.60 bits per heavy atom. The molecule has 4 rings (SSSR count). The number of hydrogen-bond acceptors (Lipinski definition) is 5. The van der Waals surface area contributed by atoms with E-state index in [1.165, 1.54) is 29.4 Å². The second kappa shape index (κ2) is 7.48. The van der Waals surface area contributed by atoms with Gasteiger partial charge in [-0.05, 0) is 66.9 Å². The quantitative estimate of drug-likeness (QED) is 0.394.